The second-order valence-electron chi connectivity index (χ2n) is 5.53. The molecule has 2 aromatic rings. The van der Waals surface area contributed by atoms with E-state index < -0.39 is 29.0 Å². The predicted molar refractivity (Wildman–Crippen MR) is 81.7 cm³/mol. The lowest BCUT2D eigenvalue weighted by Gasteiger charge is -2.39. The maximum Gasteiger partial charge on any atom is 0.316 e. The number of hydrogen-bond donors (Lipinski definition) is 1. The van der Waals surface area contributed by atoms with Gasteiger partial charge < -0.3 is 19.6 Å². The Morgan fingerprint density at radius 2 is 2.13 bits per heavy atom. The Morgan fingerprint density at radius 3 is 2.87 bits per heavy atom. The number of aromatic nitrogens is 1. The van der Waals surface area contributed by atoms with E-state index in [-0.39, 0.29) is 4.87 Å². The van der Waals surface area contributed by atoms with Crippen LogP contribution in [0.15, 0.2) is 28.0 Å². The monoisotopic (exact) mass is 348 g/mol. The fourth-order valence-electron chi connectivity index (χ4n) is 3.13. The Hall–Kier alpha value is -2.06. The standard InChI is InChI=1S/C15H11NO5S2/c1-5-2-3-7-6(4-5)8-9(14(19)21-7)11(13(17)18)22-12-10(8)23-15(20)16-12/h2-4,8-9,11H,1H3,(H,16,20)(H,17,18)/p-1/t8-,9-,11+/m1/s1. The van der Waals surface area contributed by atoms with Gasteiger partial charge >= 0.3 is 10.8 Å². The van der Waals surface area contributed by atoms with Crippen molar-refractivity contribution in [1.29, 1.82) is 0 Å². The number of aryl methyl sites for hydroxylation is 1. The van der Waals surface area contributed by atoms with Crippen LogP contribution in [0.25, 0.3) is 0 Å². The molecule has 1 N–H and O–H groups in total. The minimum absolute atomic E-state index is 0.270. The third kappa shape index (κ3) is 2.13. The van der Waals surface area contributed by atoms with Crippen LogP contribution in [0.4, 0.5) is 0 Å². The maximum atomic E-state index is 12.4. The minimum atomic E-state index is -1.34. The number of carboxylic acids is 1. The van der Waals surface area contributed by atoms with Gasteiger partial charge in [-0.3, -0.25) is 9.59 Å². The Morgan fingerprint density at radius 1 is 1.35 bits per heavy atom. The fourth-order valence-corrected chi connectivity index (χ4v) is 5.52. The first-order valence-electron chi connectivity index (χ1n) is 6.88. The van der Waals surface area contributed by atoms with Gasteiger partial charge in [0.05, 0.1) is 22.2 Å². The van der Waals surface area contributed by atoms with E-state index in [9.17, 15) is 19.5 Å². The van der Waals surface area contributed by atoms with Gasteiger partial charge in [-0.1, -0.05) is 40.8 Å². The van der Waals surface area contributed by atoms with Crippen LogP contribution in [0, 0.1) is 12.8 Å². The molecule has 0 aliphatic carbocycles. The molecule has 2 aliphatic heterocycles. The number of carbonyl (C=O) groups excluding carboxylic acids is 2. The molecule has 3 atom stereocenters. The van der Waals surface area contributed by atoms with Gasteiger partial charge in [0.2, 0.25) is 0 Å². The zero-order chi connectivity index (χ0) is 16.3. The zero-order valence-corrected chi connectivity index (χ0v) is 13.5. The molecule has 0 bridgehead atoms. The number of carboxylic acid groups (broad SMARTS) is 1. The summed E-state index contributed by atoms with van der Waals surface area (Å²) in [5.41, 5.74) is 1.70. The Balaban J connectivity index is 2.00. The van der Waals surface area contributed by atoms with Gasteiger partial charge in [0.1, 0.15) is 5.75 Å². The van der Waals surface area contributed by atoms with Crippen molar-refractivity contribution in [3.8, 4) is 5.75 Å². The van der Waals surface area contributed by atoms with Crippen molar-refractivity contribution in [2.45, 2.75) is 23.1 Å². The summed E-state index contributed by atoms with van der Waals surface area (Å²) >= 11 is 1.95. The largest absolute Gasteiger partial charge is 0.549 e. The molecule has 1 aromatic carbocycles. The van der Waals surface area contributed by atoms with Crippen molar-refractivity contribution in [2.75, 3.05) is 0 Å². The highest BCUT2D eigenvalue weighted by molar-refractivity contribution is 8.00. The molecule has 3 heterocycles. The lowest BCUT2D eigenvalue weighted by molar-refractivity contribution is -0.306. The van der Waals surface area contributed by atoms with Crippen LogP contribution in [0.2, 0.25) is 0 Å². The summed E-state index contributed by atoms with van der Waals surface area (Å²) in [4.78, 5) is 38.7. The Labute approximate surface area is 138 Å². The normalized spacial score (nSPS) is 25.1. The number of esters is 1. The van der Waals surface area contributed by atoms with Gasteiger partial charge in [0, 0.05) is 16.4 Å². The van der Waals surface area contributed by atoms with E-state index in [1.807, 2.05) is 19.1 Å². The average Bonchev–Trinajstić information content (AvgIpc) is 2.86. The molecule has 6 nitrogen and oxygen atoms in total. The highest BCUT2D eigenvalue weighted by atomic mass is 32.2. The van der Waals surface area contributed by atoms with Crippen molar-refractivity contribution < 1.29 is 19.4 Å². The lowest BCUT2D eigenvalue weighted by atomic mass is 9.79. The van der Waals surface area contributed by atoms with Gasteiger partial charge in [-0.2, -0.15) is 0 Å². The van der Waals surface area contributed by atoms with Crippen molar-refractivity contribution >= 4 is 35.0 Å². The first-order chi connectivity index (χ1) is 11.0. The fraction of sp³-hybridized carbons (Fsp3) is 0.267. The van der Waals surface area contributed by atoms with Gasteiger partial charge in [-0.25, -0.2) is 0 Å². The number of ether oxygens (including phenoxy) is 1. The zero-order valence-electron chi connectivity index (χ0n) is 11.8. The Bertz CT molecular complexity index is 900. The van der Waals surface area contributed by atoms with E-state index in [4.69, 9.17) is 4.74 Å². The molecule has 0 saturated heterocycles. The van der Waals surface area contributed by atoms with Crippen molar-refractivity contribution in [3.05, 3.63) is 43.9 Å². The van der Waals surface area contributed by atoms with E-state index in [1.54, 1.807) is 6.07 Å². The molecular formula is C15H10NO5S2-. The molecule has 0 radical (unpaired) electrons. The van der Waals surface area contributed by atoms with E-state index in [0.29, 0.717) is 15.7 Å². The van der Waals surface area contributed by atoms with Crippen LogP contribution < -0.4 is 14.7 Å². The summed E-state index contributed by atoms with van der Waals surface area (Å²) < 4.78 is 5.33. The Kier molecular flexibility index (Phi) is 3.14. The van der Waals surface area contributed by atoms with Crippen LogP contribution >= 0.6 is 23.1 Å². The van der Waals surface area contributed by atoms with Crippen LogP contribution in [0.1, 0.15) is 21.9 Å². The number of rotatable bonds is 1. The number of fused-ring (bicyclic) bond motifs is 5. The number of nitrogens with one attached hydrogen (secondary N) is 1. The molecular weight excluding hydrogens is 338 g/mol. The number of H-pyrrole nitrogens is 1. The van der Waals surface area contributed by atoms with Crippen molar-refractivity contribution in [1.82, 2.24) is 4.98 Å². The van der Waals surface area contributed by atoms with Crippen LogP contribution in [-0.4, -0.2) is 22.2 Å². The number of aromatic amines is 1. The van der Waals surface area contributed by atoms with Crippen LogP contribution in [0.3, 0.4) is 0 Å². The van der Waals surface area contributed by atoms with E-state index in [0.717, 1.165) is 34.2 Å². The van der Waals surface area contributed by atoms with Gasteiger partial charge in [-0.05, 0) is 13.0 Å². The second kappa shape index (κ2) is 4.97. The number of thioether (sulfide) groups is 1. The van der Waals surface area contributed by atoms with E-state index in [2.05, 4.69) is 4.98 Å². The average molecular weight is 348 g/mol. The molecule has 0 saturated carbocycles. The second-order valence-corrected chi connectivity index (χ2v) is 7.70. The molecule has 4 rings (SSSR count). The minimum Gasteiger partial charge on any atom is -0.549 e. The molecule has 23 heavy (non-hydrogen) atoms. The third-order valence-corrected chi connectivity index (χ3v) is 6.46. The first kappa shape index (κ1) is 14.5. The highest BCUT2D eigenvalue weighted by Crippen LogP contribution is 2.53. The van der Waals surface area contributed by atoms with Gasteiger partial charge in [-0.15, -0.1) is 0 Å². The van der Waals surface area contributed by atoms with Gasteiger partial charge in [0.15, 0.2) is 0 Å². The predicted octanol–water partition coefficient (Wildman–Crippen LogP) is 0.636. The maximum absolute atomic E-state index is 12.4. The summed E-state index contributed by atoms with van der Waals surface area (Å²) in [6.07, 6.45) is 0. The molecule has 1 aromatic heterocycles. The van der Waals surface area contributed by atoms with E-state index in [1.165, 1.54) is 0 Å². The first-order valence-corrected chi connectivity index (χ1v) is 8.58. The number of aliphatic carboxylic acids is 1. The molecule has 118 valence electrons. The quantitative estimate of drug-likeness (QED) is 0.600. The molecule has 0 unspecified atom stereocenters. The number of carbonyl (C=O) groups is 2. The van der Waals surface area contributed by atoms with Crippen molar-refractivity contribution in [3.63, 3.8) is 0 Å². The SMILES string of the molecule is Cc1ccc2c(c1)[C@H]1c3sc(=O)[nH]c3S[C@H](C(=O)[O-])[C@@H]1C(=O)O2. The molecule has 0 amide bonds. The van der Waals surface area contributed by atoms with Gasteiger partial charge in [0.25, 0.3) is 0 Å². The number of thiazole rings is 1. The summed E-state index contributed by atoms with van der Waals surface area (Å²) in [6.45, 7) is 1.90. The summed E-state index contributed by atoms with van der Waals surface area (Å²) in [5.74, 6) is -2.93. The summed E-state index contributed by atoms with van der Waals surface area (Å²) in [6, 6.07) is 5.39. The van der Waals surface area contributed by atoms with Crippen molar-refractivity contribution in [2.24, 2.45) is 5.92 Å². The smallest absolute Gasteiger partial charge is 0.316 e. The molecule has 8 heteroatoms. The summed E-state index contributed by atoms with van der Waals surface area (Å²) in [5, 5.41) is 10.9. The third-order valence-electron chi connectivity index (χ3n) is 4.07. The highest BCUT2D eigenvalue weighted by Gasteiger charge is 2.49. The number of hydrogen-bond acceptors (Lipinski definition) is 7. The van der Waals surface area contributed by atoms with Crippen LogP contribution in [-0.2, 0) is 9.59 Å². The lowest BCUT2D eigenvalue weighted by Crippen LogP contribution is -2.48. The molecule has 0 fully saturated rings. The number of benzene rings is 1. The van der Waals surface area contributed by atoms with E-state index >= 15 is 0 Å². The van der Waals surface area contributed by atoms with Crippen LogP contribution in [0.5, 0.6) is 5.75 Å². The topological polar surface area (TPSA) is 99.3 Å². The summed E-state index contributed by atoms with van der Waals surface area (Å²) in [7, 11) is 0. The molecule has 0 spiro atoms. The molecule has 2 aliphatic rings.